The van der Waals surface area contributed by atoms with Crippen LogP contribution in [0, 0.1) is 0 Å². The standard InChI is InChI=1S/C19H19F3N6/c1-23-18(25-12-14-3-5-16(6-4-14)19(20,21)22)26-13-15-7-9-24-17(11-15)28-10-2-8-27-28/h2-11H,12-13H2,1H3,(H2,23,25,26). The van der Waals surface area contributed by atoms with Gasteiger partial charge in [0.25, 0.3) is 0 Å². The molecule has 0 amide bonds. The van der Waals surface area contributed by atoms with Crippen molar-refractivity contribution in [2.45, 2.75) is 19.3 Å². The van der Waals surface area contributed by atoms with Gasteiger partial charge in [0.2, 0.25) is 0 Å². The summed E-state index contributed by atoms with van der Waals surface area (Å²) in [7, 11) is 1.63. The predicted molar refractivity (Wildman–Crippen MR) is 99.8 cm³/mol. The second kappa shape index (κ2) is 8.55. The molecule has 2 N–H and O–H groups in total. The summed E-state index contributed by atoms with van der Waals surface area (Å²) in [6.45, 7) is 0.857. The number of pyridine rings is 1. The lowest BCUT2D eigenvalue weighted by Crippen LogP contribution is -2.36. The summed E-state index contributed by atoms with van der Waals surface area (Å²) in [6.07, 6.45) is 0.860. The third-order valence-corrected chi connectivity index (χ3v) is 3.97. The van der Waals surface area contributed by atoms with Crippen LogP contribution in [0.2, 0.25) is 0 Å². The maximum absolute atomic E-state index is 12.6. The molecule has 9 heteroatoms. The lowest BCUT2D eigenvalue weighted by Gasteiger charge is -2.13. The molecule has 0 aliphatic heterocycles. The Morgan fingerprint density at radius 2 is 1.75 bits per heavy atom. The zero-order valence-corrected chi connectivity index (χ0v) is 15.1. The van der Waals surface area contributed by atoms with Crippen molar-refractivity contribution in [3.63, 3.8) is 0 Å². The topological polar surface area (TPSA) is 67.1 Å². The fraction of sp³-hybridized carbons (Fsp3) is 0.211. The fourth-order valence-electron chi connectivity index (χ4n) is 2.50. The van der Waals surface area contributed by atoms with E-state index in [0.717, 1.165) is 23.3 Å². The van der Waals surface area contributed by atoms with Gasteiger partial charge in [-0.3, -0.25) is 4.99 Å². The minimum absolute atomic E-state index is 0.354. The van der Waals surface area contributed by atoms with Crippen molar-refractivity contribution in [3.05, 3.63) is 77.7 Å². The summed E-state index contributed by atoms with van der Waals surface area (Å²) in [4.78, 5) is 8.40. The molecule has 0 atom stereocenters. The largest absolute Gasteiger partial charge is 0.416 e. The van der Waals surface area contributed by atoms with Crippen LogP contribution < -0.4 is 10.6 Å². The van der Waals surface area contributed by atoms with Gasteiger partial charge in [0.05, 0.1) is 5.56 Å². The van der Waals surface area contributed by atoms with E-state index in [-0.39, 0.29) is 0 Å². The van der Waals surface area contributed by atoms with E-state index in [1.807, 2.05) is 24.4 Å². The van der Waals surface area contributed by atoms with Gasteiger partial charge < -0.3 is 10.6 Å². The number of guanidine groups is 1. The van der Waals surface area contributed by atoms with Gasteiger partial charge in [0.15, 0.2) is 11.8 Å². The molecule has 0 saturated carbocycles. The molecule has 0 fully saturated rings. The number of halogens is 3. The molecule has 3 rings (SSSR count). The van der Waals surface area contributed by atoms with E-state index < -0.39 is 11.7 Å². The number of nitrogens with one attached hydrogen (secondary N) is 2. The molecule has 0 aliphatic rings. The Balaban J connectivity index is 1.55. The number of benzene rings is 1. The Hall–Kier alpha value is -3.36. The molecule has 0 spiro atoms. The Morgan fingerprint density at radius 3 is 2.36 bits per heavy atom. The minimum atomic E-state index is -4.33. The first kappa shape index (κ1) is 19.4. The Morgan fingerprint density at radius 1 is 1.04 bits per heavy atom. The van der Waals surface area contributed by atoms with Gasteiger partial charge in [-0.25, -0.2) is 9.67 Å². The predicted octanol–water partition coefficient (Wildman–Crippen LogP) is 3.15. The number of alkyl halides is 3. The van der Waals surface area contributed by atoms with Gasteiger partial charge >= 0.3 is 6.18 Å². The minimum Gasteiger partial charge on any atom is -0.352 e. The normalized spacial score (nSPS) is 12.1. The molecule has 0 radical (unpaired) electrons. The molecule has 0 aliphatic carbocycles. The van der Waals surface area contributed by atoms with E-state index in [1.54, 1.807) is 24.1 Å². The lowest BCUT2D eigenvalue weighted by atomic mass is 10.1. The van der Waals surface area contributed by atoms with Crippen molar-refractivity contribution < 1.29 is 13.2 Å². The maximum atomic E-state index is 12.6. The van der Waals surface area contributed by atoms with Gasteiger partial charge in [-0.2, -0.15) is 18.3 Å². The third kappa shape index (κ3) is 5.09. The summed E-state index contributed by atoms with van der Waals surface area (Å²) in [5, 5.41) is 10.4. The molecule has 28 heavy (non-hydrogen) atoms. The molecule has 2 heterocycles. The van der Waals surface area contributed by atoms with E-state index in [1.165, 1.54) is 12.1 Å². The van der Waals surface area contributed by atoms with Crippen molar-refractivity contribution in [2.75, 3.05) is 7.05 Å². The Bertz CT molecular complexity index is 918. The Kier molecular flexibility index (Phi) is 5.93. The van der Waals surface area contributed by atoms with Crippen LogP contribution >= 0.6 is 0 Å². The molecule has 0 bridgehead atoms. The van der Waals surface area contributed by atoms with Crippen LogP contribution in [0.1, 0.15) is 16.7 Å². The molecule has 1 aromatic carbocycles. The third-order valence-electron chi connectivity index (χ3n) is 3.97. The van der Waals surface area contributed by atoms with E-state index >= 15 is 0 Å². The van der Waals surface area contributed by atoms with Crippen LogP contribution in [-0.4, -0.2) is 27.8 Å². The highest BCUT2D eigenvalue weighted by Gasteiger charge is 2.29. The first-order chi connectivity index (χ1) is 13.5. The van der Waals surface area contributed by atoms with Gasteiger partial charge in [0, 0.05) is 38.7 Å². The number of hydrogen-bond acceptors (Lipinski definition) is 3. The molecular weight excluding hydrogens is 369 g/mol. The Labute approximate surface area is 160 Å². The van der Waals surface area contributed by atoms with Crippen molar-refractivity contribution in [1.82, 2.24) is 25.4 Å². The highest BCUT2D eigenvalue weighted by atomic mass is 19.4. The molecular formula is C19H19F3N6. The van der Waals surface area contributed by atoms with Crippen LogP contribution in [0.25, 0.3) is 5.82 Å². The van der Waals surface area contributed by atoms with Gasteiger partial charge in [-0.05, 0) is 41.5 Å². The van der Waals surface area contributed by atoms with Crippen molar-refractivity contribution in [2.24, 2.45) is 4.99 Å². The number of nitrogens with zero attached hydrogens (tertiary/aromatic N) is 4. The number of aromatic nitrogens is 3. The van der Waals surface area contributed by atoms with E-state index in [4.69, 9.17) is 0 Å². The van der Waals surface area contributed by atoms with Gasteiger partial charge in [-0.1, -0.05) is 12.1 Å². The van der Waals surface area contributed by atoms with Crippen LogP contribution in [-0.2, 0) is 19.3 Å². The van der Waals surface area contributed by atoms with Crippen molar-refractivity contribution in [1.29, 1.82) is 0 Å². The molecule has 146 valence electrons. The number of aliphatic imine (C=N–C) groups is 1. The maximum Gasteiger partial charge on any atom is 0.416 e. The fourth-order valence-corrected chi connectivity index (χ4v) is 2.50. The van der Waals surface area contributed by atoms with Gasteiger partial charge in [0.1, 0.15) is 0 Å². The highest BCUT2D eigenvalue weighted by Crippen LogP contribution is 2.29. The van der Waals surface area contributed by atoms with Crippen LogP contribution in [0.4, 0.5) is 13.2 Å². The molecule has 6 nitrogen and oxygen atoms in total. The summed E-state index contributed by atoms with van der Waals surface area (Å²) in [6, 6.07) is 10.6. The summed E-state index contributed by atoms with van der Waals surface area (Å²) in [5.74, 6) is 1.24. The molecule has 0 unspecified atom stereocenters. The SMILES string of the molecule is CN=C(NCc1ccc(C(F)(F)F)cc1)NCc1ccnc(-n2cccn2)c1. The van der Waals surface area contributed by atoms with E-state index in [9.17, 15) is 13.2 Å². The number of rotatable bonds is 5. The van der Waals surface area contributed by atoms with Crippen LogP contribution in [0.15, 0.2) is 66.0 Å². The first-order valence-corrected chi connectivity index (χ1v) is 8.51. The quantitative estimate of drug-likeness (QED) is 0.521. The lowest BCUT2D eigenvalue weighted by molar-refractivity contribution is -0.137. The molecule has 3 aromatic rings. The first-order valence-electron chi connectivity index (χ1n) is 8.51. The van der Waals surface area contributed by atoms with Crippen molar-refractivity contribution >= 4 is 5.96 Å². The van der Waals surface area contributed by atoms with Gasteiger partial charge in [-0.15, -0.1) is 0 Å². The highest BCUT2D eigenvalue weighted by molar-refractivity contribution is 5.79. The molecule has 0 saturated heterocycles. The summed E-state index contributed by atoms with van der Waals surface area (Å²) in [5.41, 5.74) is 1.04. The van der Waals surface area contributed by atoms with Crippen molar-refractivity contribution in [3.8, 4) is 5.82 Å². The second-order valence-electron chi connectivity index (χ2n) is 5.95. The average Bonchev–Trinajstić information content (AvgIpc) is 3.23. The van der Waals surface area contributed by atoms with Crippen LogP contribution in [0.3, 0.4) is 0 Å². The zero-order chi connectivity index (χ0) is 20.0. The van der Waals surface area contributed by atoms with Crippen LogP contribution in [0.5, 0.6) is 0 Å². The second-order valence-corrected chi connectivity index (χ2v) is 5.95. The van der Waals surface area contributed by atoms with E-state index in [0.29, 0.717) is 24.9 Å². The molecule has 2 aromatic heterocycles. The monoisotopic (exact) mass is 388 g/mol. The summed E-state index contributed by atoms with van der Waals surface area (Å²) < 4.78 is 39.5. The van der Waals surface area contributed by atoms with E-state index in [2.05, 4.69) is 25.7 Å². The average molecular weight is 388 g/mol. The summed E-state index contributed by atoms with van der Waals surface area (Å²) >= 11 is 0. The zero-order valence-electron chi connectivity index (χ0n) is 15.1. The number of hydrogen-bond donors (Lipinski definition) is 2. The smallest absolute Gasteiger partial charge is 0.352 e.